The van der Waals surface area contributed by atoms with E-state index in [-0.39, 0.29) is 139 Å². The van der Waals surface area contributed by atoms with E-state index in [1.807, 2.05) is 36.4 Å². The molecule has 3 amide bonds. The molecule has 0 bridgehead atoms. The van der Waals surface area contributed by atoms with Crippen LogP contribution in [0.2, 0.25) is 10.0 Å². The molecule has 0 unspecified atom stereocenters. The van der Waals surface area contributed by atoms with Gasteiger partial charge in [-0.05, 0) is 83.9 Å². The van der Waals surface area contributed by atoms with E-state index in [2.05, 4.69) is 20.3 Å². The van der Waals surface area contributed by atoms with Gasteiger partial charge in [0.1, 0.15) is 74.6 Å². The van der Waals surface area contributed by atoms with E-state index in [4.69, 9.17) is 42.1 Å². The fraction of sp³-hybridized carbons (Fsp3) is 0.217. The molecule has 3 aromatic heterocycles. The van der Waals surface area contributed by atoms with Gasteiger partial charge in [-0.15, -0.1) is 0 Å². The fourth-order valence-corrected chi connectivity index (χ4v) is 13.9. The van der Waals surface area contributed by atoms with Gasteiger partial charge in [0.25, 0.3) is 17.7 Å². The number of phenolic OH excluding ortho intramolecular Hbond substituents is 1. The molecule has 33 heteroatoms. The second kappa shape index (κ2) is 30.0. The van der Waals surface area contributed by atoms with Crippen LogP contribution in [-0.2, 0) is 76.0 Å². The number of carbonyl (C=O) groups excluding carboxylic acids is 3. The Balaban J connectivity index is 0.000000180. The third-order valence-corrected chi connectivity index (χ3v) is 21.3. The molecule has 0 fully saturated rings. The van der Waals surface area contributed by atoms with Crippen molar-refractivity contribution in [3.05, 3.63) is 217 Å². The summed E-state index contributed by atoms with van der Waals surface area (Å²) >= 11 is 11.4. The summed E-state index contributed by atoms with van der Waals surface area (Å²) in [5.74, 6) is -3.73. The summed E-state index contributed by atoms with van der Waals surface area (Å²) < 4.78 is 157. The molecule has 3 aliphatic rings. The second-order valence-corrected chi connectivity index (χ2v) is 30.2. The van der Waals surface area contributed by atoms with E-state index in [0.717, 1.165) is 56.4 Å². The number of amides is 3. The van der Waals surface area contributed by atoms with Crippen LogP contribution in [0.4, 0.5) is 34.6 Å². The van der Waals surface area contributed by atoms with Crippen molar-refractivity contribution in [3.63, 3.8) is 0 Å². The van der Waals surface area contributed by atoms with Crippen LogP contribution < -0.4 is 66.7 Å². The summed E-state index contributed by atoms with van der Waals surface area (Å²) in [5, 5.41) is 13.6. The number of sulfonamides is 3. The maximum atomic E-state index is 14.8. The standard InChI is InChI=1S/C28H24ClF2N3O5S.C21H21N3O5S.C20H16ClF2N3O4S.Na.H/c1-33(40(3,36)37)26-19-5-4-12-32-25(19)27(39-15-16-6-9-18(38-2)10-7-16)22-20(26)14-34(28(22)35)13-17-8-11-21(30)23(29)24(17)31;1-24(30(3,26)27)19-15-5-4-10-22-18(15)20(17-16(19)11-23-21(17)25)29-12-13-6-8-14(28-2)9-7-13;1-25(31(2,29)30)18-11-4-3-7-24-17(11)19(27)14-12(18)9-26(20(14)28)8-10-5-6-13(22)15(21)16(10)23;;/h4-12H,13-15H2,1-3H3;4-10H,11-12H2,1-3H3,(H,23,25);3-7,27H,8-9H2,1-2H3;;/q;;;+1;-1. The predicted octanol–water partition coefficient (Wildman–Crippen LogP) is 8.31. The average molecular weight is 1510 g/mol. The number of hydrogen-bond donors (Lipinski definition) is 2. The molecule has 2 N–H and O–H groups in total. The average Bonchev–Trinajstić information content (AvgIpc) is 1.67. The number of anilines is 3. The predicted molar refractivity (Wildman–Crippen MR) is 373 cm³/mol. The first kappa shape index (κ1) is 75.4. The SMILES string of the molecule is CN(c1c2c(c(O)c3ncccc13)C(=O)N(Cc1ccc(F)c(Cl)c1F)C2)S(C)(=O)=O.COc1ccc(COc2c3c(c(N(C)S(C)(=O)=O)c4cccnc24)CN(Cc2ccc(F)c(Cl)c2F)C3=O)cc1.COc1ccc(COc2c3c(c(N(C)S(C)(=O)=O)c4cccnc24)CNC3=O)cc1.[H-].[Na+]. The second-order valence-electron chi connectivity index (χ2n) is 23.5. The molecule has 13 rings (SSSR count). The maximum absolute atomic E-state index is 14.8. The van der Waals surface area contributed by atoms with E-state index in [1.54, 1.807) is 68.9 Å². The number of fused-ring (bicyclic) bond motifs is 6. The summed E-state index contributed by atoms with van der Waals surface area (Å²) in [6.07, 6.45) is 7.71. The number of halogens is 6. The molecule has 0 atom stereocenters. The van der Waals surface area contributed by atoms with Crippen molar-refractivity contribution in [2.24, 2.45) is 0 Å². The van der Waals surface area contributed by atoms with Crippen LogP contribution in [0, 0.1) is 23.3 Å². The van der Waals surface area contributed by atoms with E-state index in [0.29, 0.717) is 61.1 Å². The Morgan fingerprint density at radius 1 is 0.529 bits per heavy atom. The van der Waals surface area contributed by atoms with Gasteiger partial charge in [-0.1, -0.05) is 59.6 Å². The minimum Gasteiger partial charge on any atom is -1.00 e. The molecular weight excluding hydrogens is 1440 g/mol. The summed E-state index contributed by atoms with van der Waals surface area (Å²) in [6, 6.07) is 29.0. The molecule has 102 heavy (non-hydrogen) atoms. The zero-order valence-electron chi connectivity index (χ0n) is 56.9. The number of pyridine rings is 3. The number of methoxy groups -OCH3 is 2. The molecule has 3 aliphatic heterocycles. The Morgan fingerprint density at radius 3 is 1.29 bits per heavy atom. The minimum atomic E-state index is -3.75. The molecule has 0 radical (unpaired) electrons. The smallest absolute Gasteiger partial charge is 1.00 e. The number of carbonyl (C=O) groups is 3. The Hall–Kier alpha value is -9.27. The quantitative estimate of drug-likeness (QED) is 0.0464. The number of aromatic hydroxyl groups is 1. The summed E-state index contributed by atoms with van der Waals surface area (Å²) in [6.45, 7) is -0.131. The van der Waals surface area contributed by atoms with Crippen molar-refractivity contribution in [2.45, 2.75) is 45.9 Å². The van der Waals surface area contributed by atoms with Crippen LogP contribution in [0.5, 0.6) is 28.7 Å². The third kappa shape index (κ3) is 14.7. The number of nitrogens with one attached hydrogen (secondary N) is 1. The van der Waals surface area contributed by atoms with Crippen LogP contribution in [0.3, 0.4) is 0 Å². The summed E-state index contributed by atoms with van der Waals surface area (Å²) in [4.78, 5) is 55.1. The van der Waals surface area contributed by atoms with Gasteiger partial charge in [0.15, 0.2) is 17.2 Å². The molecule has 0 saturated heterocycles. The van der Waals surface area contributed by atoms with E-state index in [9.17, 15) is 62.3 Å². The van der Waals surface area contributed by atoms with E-state index in [1.165, 1.54) is 59.8 Å². The molecule has 0 saturated carbocycles. The fourth-order valence-electron chi connectivity index (χ4n) is 11.9. The molecule has 6 heterocycles. The number of phenols is 1. The Morgan fingerprint density at radius 2 is 0.892 bits per heavy atom. The number of nitrogens with zero attached hydrogens (tertiary/aromatic N) is 8. The van der Waals surface area contributed by atoms with Gasteiger partial charge < -0.3 is 40.6 Å². The van der Waals surface area contributed by atoms with Crippen LogP contribution in [0.25, 0.3) is 32.7 Å². The minimum absolute atomic E-state index is 0. The van der Waals surface area contributed by atoms with E-state index < -0.39 is 75.2 Å². The first-order valence-electron chi connectivity index (χ1n) is 30.3. The maximum Gasteiger partial charge on any atom is 1.00 e. The summed E-state index contributed by atoms with van der Waals surface area (Å²) in [5.41, 5.74) is 4.95. The molecule has 528 valence electrons. The van der Waals surface area contributed by atoms with Gasteiger partial charge in [-0.3, -0.25) is 42.3 Å². The van der Waals surface area contributed by atoms with Crippen molar-refractivity contribution in [2.75, 3.05) is 67.0 Å². The molecule has 7 aromatic carbocycles. The number of hydrogen-bond acceptors (Lipinski definition) is 17. The molecule has 0 spiro atoms. The topological polar surface area (TPSA) is 278 Å². The largest absolute Gasteiger partial charge is 1.00 e. The first-order valence-corrected chi connectivity index (χ1v) is 36.6. The Kier molecular flexibility index (Phi) is 22.2. The van der Waals surface area contributed by atoms with Gasteiger partial charge in [0.2, 0.25) is 30.1 Å². The van der Waals surface area contributed by atoms with E-state index >= 15 is 0 Å². The molecular formula is C69H62Cl2F4N9NaO14S3. The third-order valence-electron chi connectivity index (χ3n) is 17.1. The first-order chi connectivity index (χ1) is 47.8. The molecule has 10 aromatic rings. The van der Waals surface area contributed by atoms with Crippen molar-refractivity contribution in [1.29, 1.82) is 0 Å². The van der Waals surface area contributed by atoms with Gasteiger partial charge in [-0.2, -0.15) is 0 Å². The van der Waals surface area contributed by atoms with Gasteiger partial charge in [0.05, 0.1) is 66.7 Å². The van der Waals surface area contributed by atoms with Gasteiger partial charge in [0, 0.05) is 116 Å². The zero-order valence-corrected chi connectivity index (χ0v) is 61.9. The molecule has 23 nitrogen and oxygen atoms in total. The van der Waals surface area contributed by atoms with Crippen LogP contribution in [-0.4, -0.2) is 127 Å². The molecule has 0 aliphatic carbocycles. The summed E-state index contributed by atoms with van der Waals surface area (Å²) in [7, 11) is -3.66. The van der Waals surface area contributed by atoms with Crippen molar-refractivity contribution in [1.82, 2.24) is 30.1 Å². The normalized spacial score (nSPS) is 13.1. The monoisotopic (exact) mass is 1510 g/mol. The zero-order chi connectivity index (χ0) is 72.9. The van der Waals surface area contributed by atoms with Crippen LogP contribution in [0.1, 0.15) is 71.4 Å². The van der Waals surface area contributed by atoms with Crippen LogP contribution >= 0.6 is 23.2 Å². The van der Waals surface area contributed by atoms with Gasteiger partial charge in [-0.25, -0.2) is 42.8 Å². The van der Waals surface area contributed by atoms with Gasteiger partial charge >= 0.3 is 29.6 Å². The van der Waals surface area contributed by atoms with Crippen molar-refractivity contribution < 1.29 is 112 Å². The number of ether oxygens (including phenoxy) is 4. The number of rotatable bonds is 18. The van der Waals surface area contributed by atoms with Crippen molar-refractivity contribution >= 4 is 121 Å². The number of benzene rings is 7. The Bertz CT molecular complexity index is 5420. The Labute approximate surface area is 617 Å². The van der Waals surface area contributed by atoms with Crippen molar-refractivity contribution in [3.8, 4) is 28.7 Å². The number of aromatic nitrogens is 3. The van der Waals surface area contributed by atoms with Crippen LogP contribution in [0.15, 0.2) is 128 Å².